The molecule has 0 saturated carbocycles. The van der Waals surface area contributed by atoms with Crippen LogP contribution in [0, 0.1) is 5.92 Å². The van der Waals surface area contributed by atoms with Crippen LogP contribution in [0.4, 0.5) is 0 Å². The van der Waals surface area contributed by atoms with Crippen molar-refractivity contribution in [2.45, 2.75) is 38.6 Å². The first-order valence-corrected chi connectivity index (χ1v) is 10.3. The van der Waals surface area contributed by atoms with Crippen LogP contribution in [0.2, 0.25) is 0 Å². The van der Waals surface area contributed by atoms with Crippen LogP contribution in [0.1, 0.15) is 42.8 Å². The summed E-state index contributed by atoms with van der Waals surface area (Å²) in [6, 6.07) is 6.11. The van der Waals surface area contributed by atoms with Crippen LogP contribution in [-0.4, -0.2) is 53.8 Å². The molecule has 2 aromatic rings. The third-order valence-corrected chi connectivity index (χ3v) is 6.22. The zero-order valence-electron chi connectivity index (χ0n) is 16.3. The number of aromatic nitrogens is 1. The molecule has 7 heteroatoms. The number of benzene rings is 1. The second-order valence-corrected chi connectivity index (χ2v) is 8.88. The Bertz CT molecular complexity index is 832. The molecule has 1 fully saturated rings. The second-order valence-electron chi connectivity index (χ2n) is 7.76. The maximum absolute atomic E-state index is 12.3. The van der Waals surface area contributed by atoms with E-state index in [0.717, 1.165) is 53.0 Å². The quantitative estimate of drug-likeness (QED) is 0.799. The number of hydrogen-bond acceptors (Lipinski definition) is 5. The van der Waals surface area contributed by atoms with Crippen LogP contribution in [-0.2, 0) is 16.0 Å². The molecular formula is C20H28N4O2S. The van der Waals surface area contributed by atoms with Gasteiger partial charge in [0, 0.05) is 13.0 Å². The van der Waals surface area contributed by atoms with Crippen LogP contribution in [0.3, 0.4) is 0 Å². The summed E-state index contributed by atoms with van der Waals surface area (Å²) in [6.45, 7) is 3.71. The molecule has 2 N–H and O–H groups in total. The molecule has 1 aliphatic rings. The van der Waals surface area contributed by atoms with Crippen LogP contribution < -0.4 is 5.73 Å². The van der Waals surface area contributed by atoms with Gasteiger partial charge in [0.25, 0.3) is 0 Å². The topological polar surface area (TPSA) is 79.5 Å². The molecule has 0 aliphatic carbocycles. The Morgan fingerprint density at radius 3 is 2.81 bits per heavy atom. The Morgan fingerprint density at radius 2 is 2.11 bits per heavy atom. The maximum Gasteiger partial charge on any atom is 0.312 e. The molecular weight excluding hydrogens is 360 g/mol. The number of rotatable bonds is 5. The smallest absolute Gasteiger partial charge is 0.312 e. The lowest BCUT2D eigenvalue weighted by Gasteiger charge is -2.38. The number of carbonyl (C=O) groups is 2. The van der Waals surface area contributed by atoms with Gasteiger partial charge in [0.05, 0.1) is 21.3 Å². The first-order valence-electron chi connectivity index (χ1n) is 9.49. The standard InChI is InChI=1S/C20H28N4O2S/c1-13-6-8-16(24(12-13)20(26)19(21)25)14-7-9-17-15(11-14)22-18(27-17)5-4-10-23(2)3/h7,9,11,13,16H,4-6,8,10,12H2,1-3H3,(H2,21,25)/t13-,16+/m0/s1. The lowest BCUT2D eigenvalue weighted by Crippen LogP contribution is -2.46. The average Bonchev–Trinajstić information content (AvgIpc) is 3.02. The largest absolute Gasteiger partial charge is 0.361 e. The Kier molecular flexibility index (Phi) is 6.11. The van der Waals surface area contributed by atoms with Crippen molar-refractivity contribution in [2.75, 3.05) is 27.2 Å². The summed E-state index contributed by atoms with van der Waals surface area (Å²) in [5, 5.41) is 1.14. The van der Waals surface area contributed by atoms with Crippen molar-refractivity contribution in [1.82, 2.24) is 14.8 Å². The Balaban J connectivity index is 1.82. The minimum Gasteiger partial charge on any atom is -0.361 e. The molecule has 2 heterocycles. The van der Waals surface area contributed by atoms with Gasteiger partial charge in [0.15, 0.2) is 0 Å². The van der Waals surface area contributed by atoms with Crippen molar-refractivity contribution >= 4 is 33.4 Å². The molecule has 3 rings (SSSR count). The molecule has 2 atom stereocenters. The molecule has 2 amide bonds. The molecule has 1 aromatic carbocycles. The van der Waals surface area contributed by atoms with Gasteiger partial charge in [-0.2, -0.15) is 0 Å². The van der Waals surface area contributed by atoms with E-state index in [1.165, 1.54) is 0 Å². The fourth-order valence-electron chi connectivity index (χ4n) is 3.72. The number of amides is 2. The van der Waals surface area contributed by atoms with Gasteiger partial charge >= 0.3 is 11.8 Å². The van der Waals surface area contributed by atoms with Crippen LogP contribution >= 0.6 is 11.3 Å². The van der Waals surface area contributed by atoms with Gasteiger partial charge in [-0.3, -0.25) is 9.59 Å². The minimum absolute atomic E-state index is 0.107. The van der Waals surface area contributed by atoms with Gasteiger partial charge in [-0.15, -0.1) is 11.3 Å². The molecule has 146 valence electrons. The number of piperidine rings is 1. The van der Waals surface area contributed by atoms with E-state index in [9.17, 15) is 9.59 Å². The number of likely N-dealkylation sites (tertiary alicyclic amines) is 1. The highest BCUT2D eigenvalue weighted by molar-refractivity contribution is 7.18. The average molecular weight is 389 g/mol. The Labute approximate surface area is 164 Å². The van der Waals surface area contributed by atoms with Crippen LogP contribution in [0.25, 0.3) is 10.2 Å². The normalized spacial score (nSPS) is 20.4. The summed E-state index contributed by atoms with van der Waals surface area (Å²) >= 11 is 1.73. The first-order chi connectivity index (χ1) is 12.8. The number of primary amides is 1. The summed E-state index contributed by atoms with van der Waals surface area (Å²) in [5.74, 6) is -1.10. The monoisotopic (exact) mass is 388 g/mol. The third-order valence-electron chi connectivity index (χ3n) is 5.13. The van der Waals surface area contributed by atoms with E-state index in [1.54, 1.807) is 16.2 Å². The highest BCUT2D eigenvalue weighted by Crippen LogP contribution is 2.35. The molecule has 1 saturated heterocycles. The summed E-state index contributed by atoms with van der Waals surface area (Å²) < 4.78 is 1.16. The third kappa shape index (κ3) is 4.65. The second kappa shape index (κ2) is 8.35. The number of nitrogens with two attached hydrogens (primary N) is 1. The molecule has 0 unspecified atom stereocenters. The number of aryl methyl sites for hydroxylation is 1. The Morgan fingerprint density at radius 1 is 1.33 bits per heavy atom. The summed E-state index contributed by atoms with van der Waals surface area (Å²) in [5.41, 5.74) is 7.28. The fourth-order valence-corrected chi connectivity index (χ4v) is 4.71. The van der Waals surface area contributed by atoms with Crippen molar-refractivity contribution < 1.29 is 9.59 Å². The predicted molar refractivity (Wildman–Crippen MR) is 109 cm³/mol. The van der Waals surface area contributed by atoms with Gasteiger partial charge in [0.2, 0.25) is 0 Å². The predicted octanol–water partition coefficient (Wildman–Crippen LogP) is 2.58. The van der Waals surface area contributed by atoms with Gasteiger partial charge < -0.3 is 15.5 Å². The minimum atomic E-state index is -0.882. The highest BCUT2D eigenvalue weighted by atomic mass is 32.1. The van der Waals surface area contributed by atoms with Crippen LogP contribution in [0.5, 0.6) is 0 Å². The van der Waals surface area contributed by atoms with E-state index in [-0.39, 0.29) is 6.04 Å². The Hall–Kier alpha value is -1.99. The summed E-state index contributed by atoms with van der Waals surface area (Å²) in [6.07, 6.45) is 3.92. The SMILES string of the molecule is C[C@H]1CC[C@H](c2ccc3sc(CCCN(C)C)nc3c2)N(C(=O)C(N)=O)C1. The molecule has 0 bridgehead atoms. The van der Waals surface area contributed by atoms with Gasteiger partial charge in [0.1, 0.15) is 0 Å². The highest BCUT2D eigenvalue weighted by Gasteiger charge is 2.33. The van der Waals surface area contributed by atoms with Gasteiger partial charge in [-0.25, -0.2) is 4.98 Å². The van der Waals surface area contributed by atoms with Crippen molar-refractivity contribution in [2.24, 2.45) is 11.7 Å². The van der Waals surface area contributed by atoms with E-state index in [1.807, 2.05) is 0 Å². The van der Waals surface area contributed by atoms with E-state index in [2.05, 4.69) is 44.1 Å². The molecule has 1 aromatic heterocycles. The molecule has 6 nitrogen and oxygen atoms in total. The van der Waals surface area contributed by atoms with E-state index >= 15 is 0 Å². The number of carbonyl (C=O) groups excluding carboxylic acids is 2. The molecule has 0 spiro atoms. The van der Waals surface area contributed by atoms with E-state index < -0.39 is 11.8 Å². The van der Waals surface area contributed by atoms with E-state index in [0.29, 0.717) is 12.5 Å². The summed E-state index contributed by atoms with van der Waals surface area (Å²) in [4.78, 5) is 32.4. The van der Waals surface area contributed by atoms with Crippen molar-refractivity contribution in [1.29, 1.82) is 0 Å². The van der Waals surface area contributed by atoms with E-state index in [4.69, 9.17) is 10.7 Å². The van der Waals surface area contributed by atoms with Crippen molar-refractivity contribution in [3.8, 4) is 0 Å². The first kappa shape index (κ1) is 19.8. The van der Waals surface area contributed by atoms with Gasteiger partial charge in [-0.05, 0) is 63.5 Å². The number of thiazole rings is 1. The molecule has 27 heavy (non-hydrogen) atoms. The molecule has 0 radical (unpaired) electrons. The zero-order valence-corrected chi connectivity index (χ0v) is 17.1. The number of nitrogens with zero attached hydrogens (tertiary/aromatic N) is 3. The van der Waals surface area contributed by atoms with Gasteiger partial charge in [-0.1, -0.05) is 13.0 Å². The number of hydrogen-bond donors (Lipinski definition) is 1. The fraction of sp³-hybridized carbons (Fsp3) is 0.550. The van der Waals surface area contributed by atoms with Crippen molar-refractivity contribution in [3.63, 3.8) is 0 Å². The lowest BCUT2D eigenvalue weighted by atomic mass is 9.89. The zero-order chi connectivity index (χ0) is 19.6. The van der Waals surface area contributed by atoms with Crippen LogP contribution in [0.15, 0.2) is 18.2 Å². The molecule has 1 aliphatic heterocycles. The van der Waals surface area contributed by atoms with Crippen molar-refractivity contribution in [3.05, 3.63) is 28.8 Å². The number of fused-ring (bicyclic) bond motifs is 1. The summed E-state index contributed by atoms with van der Waals surface area (Å²) in [7, 11) is 4.16. The lowest BCUT2D eigenvalue weighted by molar-refractivity contribution is -0.147. The maximum atomic E-state index is 12.3.